The van der Waals surface area contributed by atoms with Crippen LogP contribution in [0.25, 0.3) is 0 Å². The molecule has 0 aromatic heterocycles. The number of guanidine groups is 1. The minimum atomic E-state index is -3.40. The van der Waals surface area contributed by atoms with E-state index in [1.54, 1.807) is 24.3 Å². The van der Waals surface area contributed by atoms with E-state index in [9.17, 15) is 8.42 Å². The minimum Gasteiger partial charge on any atom is -0.357 e. The lowest BCUT2D eigenvalue weighted by molar-refractivity contribution is 0.206. The van der Waals surface area contributed by atoms with Gasteiger partial charge in [-0.05, 0) is 57.5 Å². The number of hydrogen-bond donors (Lipinski definition) is 3. The summed E-state index contributed by atoms with van der Waals surface area (Å²) >= 11 is 0. The molecule has 1 aliphatic heterocycles. The second-order valence-electron chi connectivity index (χ2n) is 6.81. The van der Waals surface area contributed by atoms with Crippen LogP contribution in [-0.4, -0.2) is 58.5 Å². The third kappa shape index (κ3) is 6.79. The standard InChI is InChI=1S/C19H33N5O2S/c1-4-12-24-13-10-17(11-14-24)23-19(21-5-2)22-15-16-6-8-18(9-7-16)27(25,26)20-3/h6-9,17,20H,4-5,10-15H2,1-3H3,(H2,21,22,23). The maximum absolute atomic E-state index is 11.8. The second kappa shape index (κ2) is 10.6. The first-order valence-corrected chi connectivity index (χ1v) is 11.3. The van der Waals surface area contributed by atoms with E-state index in [0.717, 1.165) is 44.0 Å². The highest BCUT2D eigenvalue weighted by Gasteiger charge is 2.19. The average Bonchev–Trinajstić information content (AvgIpc) is 2.68. The van der Waals surface area contributed by atoms with Crippen LogP contribution in [0.5, 0.6) is 0 Å². The van der Waals surface area contributed by atoms with Crippen LogP contribution < -0.4 is 15.4 Å². The quantitative estimate of drug-likeness (QED) is 0.459. The molecule has 3 N–H and O–H groups in total. The van der Waals surface area contributed by atoms with Gasteiger partial charge in [-0.1, -0.05) is 19.1 Å². The van der Waals surface area contributed by atoms with Crippen LogP contribution >= 0.6 is 0 Å². The van der Waals surface area contributed by atoms with Crippen LogP contribution in [0.2, 0.25) is 0 Å². The Morgan fingerprint density at radius 3 is 2.41 bits per heavy atom. The number of hydrogen-bond acceptors (Lipinski definition) is 4. The zero-order valence-corrected chi connectivity index (χ0v) is 17.5. The first-order valence-electron chi connectivity index (χ1n) is 9.78. The van der Waals surface area contributed by atoms with Gasteiger partial charge in [0, 0.05) is 25.7 Å². The van der Waals surface area contributed by atoms with Gasteiger partial charge in [0.2, 0.25) is 10.0 Å². The summed E-state index contributed by atoms with van der Waals surface area (Å²) in [6, 6.07) is 7.28. The molecular weight excluding hydrogens is 362 g/mol. The van der Waals surface area contributed by atoms with Crippen LogP contribution in [-0.2, 0) is 16.6 Å². The maximum atomic E-state index is 11.8. The van der Waals surface area contributed by atoms with Gasteiger partial charge in [0.05, 0.1) is 11.4 Å². The lowest BCUT2D eigenvalue weighted by Crippen LogP contribution is -2.48. The van der Waals surface area contributed by atoms with Crippen LogP contribution in [0.15, 0.2) is 34.2 Å². The third-order valence-electron chi connectivity index (χ3n) is 4.73. The van der Waals surface area contributed by atoms with Gasteiger partial charge in [-0.25, -0.2) is 18.1 Å². The summed E-state index contributed by atoms with van der Waals surface area (Å²) in [6.07, 6.45) is 3.46. The Kier molecular flexibility index (Phi) is 8.53. The van der Waals surface area contributed by atoms with Gasteiger partial charge >= 0.3 is 0 Å². The zero-order chi connectivity index (χ0) is 19.7. The number of nitrogens with one attached hydrogen (secondary N) is 3. The third-order valence-corrected chi connectivity index (χ3v) is 6.16. The highest BCUT2D eigenvalue weighted by atomic mass is 32.2. The van der Waals surface area contributed by atoms with Gasteiger partial charge in [0.15, 0.2) is 5.96 Å². The maximum Gasteiger partial charge on any atom is 0.240 e. The van der Waals surface area contributed by atoms with Gasteiger partial charge in [0.25, 0.3) is 0 Å². The molecular formula is C19H33N5O2S. The summed E-state index contributed by atoms with van der Waals surface area (Å²) in [5.74, 6) is 0.818. The Bertz CT molecular complexity index is 695. The average molecular weight is 396 g/mol. The lowest BCUT2D eigenvalue weighted by atomic mass is 10.1. The molecule has 7 nitrogen and oxygen atoms in total. The summed E-state index contributed by atoms with van der Waals surface area (Å²) in [7, 11) is -1.99. The predicted molar refractivity (Wildman–Crippen MR) is 110 cm³/mol. The molecule has 1 aromatic carbocycles. The molecule has 1 aliphatic rings. The van der Waals surface area contributed by atoms with Crippen LogP contribution in [0.4, 0.5) is 0 Å². The van der Waals surface area contributed by atoms with Gasteiger partial charge in [-0.2, -0.15) is 0 Å². The van der Waals surface area contributed by atoms with Crippen LogP contribution in [0, 0.1) is 0 Å². The number of nitrogens with zero attached hydrogens (tertiary/aromatic N) is 2. The van der Waals surface area contributed by atoms with Crippen molar-refractivity contribution in [2.45, 2.75) is 50.6 Å². The molecule has 0 bridgehead atoms. The number of aliphatic imine (C=N–C) groups is 1. The highest BCUT2D eigenvalue weighted by molar-refractivity contribution is 7.89. The fourth-order valence-corrected chi connectivity index (χ4v) is 3.92. The van der Waals surface area contributed by atoms with E-state index in [1.165, 1.54) is 20.0 Å². The Morgan fingerprint density at radius 1 is 1.19 bits per heavy atom. The van der Waals surface area contributed by atoms with Gasteiger partial charge in [0.1, 0.15) is 0 Å². The molecule has 0 atom stereocenters. The predicted octanol–water partition coefficient (Wildman–Crippen LogP) is 1.52. The lowest BCUT2D eigenvalue weighted by Gasteiger charge is -2.32. The molecule has 1 aromatic rings. The number of likely N-dealkylation sites (tertiary alicyclic amines) is 1. The van der Waals surface area contributed by atoms with Crippen molar-refractivity contribution in [1.29, 1.82) is 0 Å². The molecule has 0 spiro atoms. The first kappa shape index (κ1) is 21.7. The van der Waals surface area contributed by atoms with Crippen LogP contribution in [0.3, 0.4) is 0 Å². The largest absolute Gasteiger partial charge is 0.357 e. The summed E-state index contributed by atoms with van der Waals surface area (Å²) in [6.45, 7) is 9.03. The normalized spacial score (nSPS) is 17.1. The van der Waals surface area contributed by atoms with Crippen molar-refractivity contribution < 1.29 is 8.42 Å². The molecule has 2 rings (SSSR count). The number of sulfonamides is 1. The Balaban J connectivity index is 1.93. The van der Waals surface area contributed by atoms with E-state index >= 15 is 0 Å². The molecule has 0 aliphatic carbocycles. The van der Waals surface area contributed by atoms with E-state index in [-0.39, 0.29) is 4.90 Å². The highest BCUT2D eigenvalue weighted by Crippen LogP contribution is 2.12. The summed E-state index contributed by atoms with van der Waals surface area (Å²) < 4.78 is 25.9. The Labute approximate surface area is 163 Å². The van der Waals surface area contributed by atoms with Crippen molar-refractivity contribution in [3.8, 4) is 0 Å². The molecule has 1 saturated heterocycles. The molecule has 0 saturated carbocycles. The van der Waals surface area contributed by atoms with Gasteiger partial charge in [-0.3, -0.25) is 0 Å². The van der Waals surface area contributed by atoms with Crippen molar-refractivity contribution >= 4 is 16.0 Å². The first-order chi connectivity index (χ1) is 13.0. The van der Waals surface area contributed by atoms with E-state index in [2.05, 4.69) is 39.1 Å². The Hall–Kier alpha value is -1.64. The van der Waals surface area contributed by atoms with E-state index in [4.69, 9.17) is 0 Å². The molecule has 27 heavy (non-hydrogen) atoms. The number of piperidine rings is 1. The van der Waals surface area contributed by atoms with Crippen molar-refractivity contribution in [2.75, 3.05) is 33.2 Å². The summed E-state index contributed by atoms with van der Waals surface area (Å²) in [5, 5.41) is 6.84. The monoisotopic (exact) mass is 395 g/mol. The molecule has 1 heterocycles. The van der Waals surface area contributed by atoms with E-state index in [0.29, 0.717) is 12.6 Å². The van der Waals surface area contributed by atoms with E-state index < -0.39 is 10.0 Å². The van der Waals surface area contributed by atoms with Crippen LogP contribution in [0.1, 0.15) is 38.7 Å². The number of rotatable bonds is 8. The Morgan fingerprint density at radius 2 is 1.85 bits per heavy atom. The van der Waals surface area contributed by atoms with Crippen molar-refractivity contribution in [1.82, 2.24) is 20.3 Å². The molecule has 0 unspecified atom stereocenters. The molecule has 152 valence electrons. The zero-order valence-electron chi connectivity index (χ0n) is 16.7. The molecule has 1 fully saturated rings. The van der Waals surface area contributed by atoms with Gasteiger partial charge < -0.3 is 15.5 Å². The second-order valence-corrected chi connectivity index (χ2v) is 8.69. The van der Waals surface area contributed by atoms with Crippen molar-refractivity contribution in [2.24, 2.45) is 4.99 Å². The smallest absolute Gasteiger partial charge is 0.240 e. The fraction of sp³-hybridized carbons (Fsp3) is 0.632. The summed E-state index contributed by atoms with van der Waals surface area (Å²) in [4.78, 5) is 7.44. The summed E-state index contributed by atoms with van der Waals surface area (Å²) in [5.41, 5.74) is 0.972. The molecule has 8 heteroatoms. The topological polar surface area (TPSA) is 85.8 Å². The van der Waals surface area contributed by atoms with Gasteiger partial charge in [-0.15, -0.1) is 0 Å². The minimum absolute atomic E-state index is 0.265. The molecule has 0 amide bonds. The SMILES string of the molecule is CCCN1CCC(NC(=NCc2ccc(S(=O)(=O)NC)cc2)NCC)CC1. The van der Waals surface area contributed by atoms with E-state index in [1.807, 2.05) is 0 Å². The van der Waals surface area contributed by atoms with Crippen molar-refractivity contribution in [3.63, 3.8) is 0 Å². The molecule has 0 radical (unpaired) electrons. The fourth-order valence-electron chi connectivity index (χ4n) is 3.19. The van der Waals surface area contributed by atoms with Crippen molar-refractivity contribution in [3.05, 3.63) is 29.8 Å². The number of benzene rings is 1.